The molecule has 0 unspecified atom stereocenters. The fourth-order valence-electron chi connectivity index (χ4n) is 1.51. The minimum atomic E-state index is -0.0966. The number of nitrogens with two attached hydrogens (primary N) is 1. The number of nitrogens with zero attached hydrogens (tertiary/aromatic N) is 1. The minimum Gasteiger partial charge on any atom is -0.397 e. The van der Waals surface area contributed by atoms with E-state index in [1.165, 1.54) is 0 Å². The van der Waals surface area contributed by atoms with Gasteiger partial charge >= 0.3 is 0 Å². The van der Waals surface area contributed by atoms with E-state index in [2.05, 4.69) is 5.32 Å². The summed E-state index contributed by atoms with van der Waals surface area (Å²) in [5.41, 5.74) is 6.76. The average Bonchev–Trinajstić information content (AvgIpc) is 2.34. The van der Waals surface area contributed by atoms with Crippen molar-refractivity contribution in [1.29, 1.82) is 0 Å². The molecule has 1 rings (SSSR count). The number of anilines is 2. The number of halogens is 1. The Morgan fingerprint density at radius 3 is 2.89 bits per heavy atom. The van der Waals surface area contributed by atoms with Gasteiger partial charge in [-0.05, 0) is 32.2 Å². The maximum Gasteiger partial charge on any atom is 0.238 e. The SMILES string of the molecule is CCOCCN(C)CC(=O)Nc1ccc(Cl)c(N)c1. The third kappa shape index (κ3) is 5.92. The molecule has 106 valence electrons. The highest BCUT2D eigenvalue weighted by Crippen LogP contribution is 2.22. The van der Waals surface area contributed by atoms with E-state index in [4.69, 9.17) is 22.1 Å². The Balaban J connectivity index is 2.39. The smallest absolute Gasteiger partial charge is 0.238 e. The van der Waals surface area contributed by atoms with Crippen LogP contribution < -0.4 is 11.1 Å². The van der Waals surface area contributed by atoms with Gasteiger partial charge in [0.1, 0.15) is 0 Å². The highest BCUT2D eigenvalue weighted by Gasteiger charge is 2.07. The summed E-state index contributed by atoms with van der Waals surface area (Å²) in [7, 11) is 1.87. The number of likely N-dealkylation sites (N-methyl/N-ethyl adjacent to an activating group) is 1. The van der Waals surface area contributed by atoms with Crippen LogP contribution in [0.2, 0.25) is 5.02 Å². The van der Waals surface area contributed by atoms with Gasteiger partial charge in [-0.3, -0.25) is 9.69 Å². The lowest BCUT2D eigenvalue weighted by Gasteiger charge is -2.16. The number of nitrogens with one attached hydrogen (secondary N) is 1. The molecule has 0 fully saturated rings. The first-order valence-corrected chi connectivity index (χ1v) is 6.52. The average molecular weight is 286 g/mol. The highest BCUT2D eigenvalue weighted by atomic mass is 35.5. The first kappa shape index (κ1) is 15.8. The molecule has 1 amide bonds. The van der Waals surface area contributed by atoms with Crippen LogP contribution in [0.3, 0.4) is 0 Å². The maximum atomic E-state index is 11.8. The summed E-state index contributed by atoms with van der Waals surface area (Å²) < 4.78 is 5.23. The van der Waals surface area contributed by atoms with Gasteiger partial charge in [-0.15, -0.1) is 0 Å². The molecule has 19 heavy (non-hydrogen) atoms. The molecule has 0 saturated heterocycles. The molecule has 0 saturated carbocycles. The second-order valence-electron chi connectivity index (χ2n) is 4.22. The molecular weight excluding hydrogens is 266 g/mol. The van der Waals surface area contributed by atoms with Crippen LogP contribution in [0, 0.1) is 0 Å². The number of rotatable bonds is 7. The quantitative estimate of drug-likeness (QED) is 0.592. The van der Waals surface area contributed by atoms with Crippen molar-refractivity contribution in [2.45, 2.75) is 6.92 Å². The van der Waals surface area contributed by atoms with Gasteiger partial charge in [0.15, 0.2) is 0 Å². The Morgan fingerprint density at radius 1 is 1.53 bits per heavy atom. The van der Waals surface area contributed by atoms with Crippen molar-refractivity contribution < 1.29 is 9.53 Å². The second kappa shape index (κ2) is 7.99. The van der Waals surface area contributed by atoms with Crippen LogP contribution in [-0.2, 0) is 9.53 Å². The number of carbonyl (C=O) groups is 1. The molecular formula is C13H20ClN3O2. The molecule has 3 N–H and O–H groups in total. The number of hydrogen-bond acceptors (Lipinski definition) is 4. The monoisotopic (exact) mass is 285 g/mol. The van der Waals surface area contributed by atoms with E-state index in [1.807, 2.05) is 18.9 Å². The molecule has 1 aromatic carbocycles. The maximum absolute atomic E-state index is 11.8. The number of hydrogen-bond donors (Lipinski definition) is 2. The van der Waals surface area contributed by atoms with Gasteiger partial charge in [0.25, 0.3) is 0 Å². The largest absolute Gasteiger partial charge is 0.397 e. The lowest BCUT2D eigenvalue weighted by atomic mass is 10.3. The fourth-order valence-corrected chi connectivity index (χ4v) is 1.63. The standard InChI is InChI=1S/C13H20ClN3O2/c1-3-19-7-6-17(2)9-13(18)16-10-4-5-11(14)12(15)8-10/h4-5,8H,3,6-7,9,15H2,1-2H3,(H,16,18). The molecule has 6 heteroatoms. The van der Waals surface area contributed by atoms with Gasteiger partial charge < -0.3 is 15.8 Å². The van der Waals surface area contributed by atoms with Gasteiger partial charge in [0.2, 0.25) is 5.91 Å². The van der Waals surface area contributed by atoms with E-state index < -0.39 is 0 Å². The number of nitrogen functional groups attached to an aromatic ring is 1. The van der Waals surface area contributed by atoms with E-state index in [9.17, 15) is 4.79 Å². The lowest BCUT2D eigenvalue weighted by molar-refractivity contribution is -0.117. The summed E-state index contributed by atoms with van der Waals surface area (Å²) >= 11 is 5.81. The Bertz CT molecular complexity index is 426. The molecule has 0 aromatic heterocycles. The van der Waals surface area contributed by atoms with Crippen LogP contribution in [0.25, 0.3) is 0 Å². The van der Waals surface area contributed by atoms with Crippen molar-refractivity contribution in [3.63, 3.8) is 0 Å². The molecule has 0 heterocycles. The molecule has 1 aromatic rings. The molecule has 0 atom stereocenters. The molecule has 0 bridgehead atoms. The fraction of sp³-hybridized carbons (Fsp3) is 0.462. The Morgan fingerprint density at radius 2 is 2.26 bits per heavy atom. The van der Waals surface area contributed by atoms with Gasteiger partial charge in [-0.25, -0.2) is 0 Å². The Labute approximate surface area is 118 Å². The zero-order valence-electron chi connectivity index (χ0n) is 11.3. The second-order valence-corrected chi connectivity index (χ2v) is 4.63. The molecule has 0 aliphatic rings. The van der Waals surface area contributed by atoms with Crippen molar-refractivity contribution in [3.05, 3.63) is 23.2 Å². The zero-order chi connectivity index (χ0) is 14.3. The van der Waals surface area contributed by atoms with Crippen molar-refractivity contribution in [2.24, 2.45) is 0 Å². The molecule has 0 spiro atoms. The summed E-state index contributed by atoms with van der Waals surface area (Å²) in [5, 5.41) is 3.25. The van der Waals surface area contributed by atoms with Crippen LogP contribution in [0.1, 0.15) is 6.92 Å². The number of benzene rings is 1. The van der Waals surface area contributed by atoms with Crippen molar-refractivity contribution in [3.8, 4) is 0 Å². The predicted molar refractivity (Wildman–Crippen MR) is 78.5 cm³/mol. The van der Waals surface area contributed by atoms with E-state index in [0.29, 0.717) is 42.7 Å². The van der Waals surface area contributed by atoms with Gasteiger partial charge in [-0.1, -0.05) is 11.6 Å². The van der Waals surface area contributed by atoms with E-state index in [1.54, 1.807) is 18.2 Å². The zero-order valence-corrected chi connectivity index (χ0v) is 12.0. The van der Waals surface area contributed by atoms with E-state index >= 15 is 0 Å². The van der Waals surface area contributed by atoms with Crippen molar-refractivity contribution >= 4 is 28.9 Å². The van der Waals surface area contributed by atoms with Crippen LogP contribution >= 0.6 is 11.6 Å². The van der Waals surface area contributed by atoms with E-state index in [-0.39, 0.29) is 5.91 Å². The summed E-state index contributed by atoms with van der Waals surface area (Å²) in [6, 6.07) is 5.02. The van der Waals surface area contributed by atoms with Gasteiger partial charge in [0.05, 0.1) is 23.9 Å². The number of carbonyl (C=O) groups excluding carboxylic acids is 1. The van der Waals surface area contributed by atoms with E-state index in [0.717, 1.165) is 0 Å². The topological polar surface area (TPSA) is 67.6 Å². The first-order chi connectivity index (χ1) is 9.02. The normalized spacial score (nSPS) is 10.7. The predicted octanol–water partition coefficient (Wildman–Crippen LogP) is 1.83. The first-order valence-electron chi connectivity index (χ1n) is 6.14. The van der Waals surface area contributed by atoms with Crippen molar-refractivity contribution in [2.75, 3.05) is 44.4 Å². The van der Waals surface area contributed by atoms with Crippen LogP contribution in [0.15, 0.2) is 18.2 Å². The van der Waals surface area contributed by atoms with Crippen LogP contribution in [0.4, 0.5) is 11.4 Å². The number of ether oxygens (including phenoxy) is 1. The minimum absolute atomic E-state index is 0.0966. The Kier molecular flexibility index (Phi) is 6.62. The molecule has 5 nitrogen and oxygen atoms in total. The summed E-state index contributed by atoms with van der Waals surface area (Å²) in [6.45, 7) is 4.26. The summed E-state index contributed by atoms with van der Waals surface area (Å²) in [6.07, 6.45) is 0. The summed E-state index contributed by atoms with van der Waals surface area (Å²) in [5.74, 6) is -0.0966. The Hall–Kier alpha value is -1.30. The highest BCUT2D eigenvalue weighted by molar-refractivity contribution is 6.33. The summed E-state index contributed by atoms with van der Waals surface area (Å²) in [4.78, 5) is 13.7. The third-order valence-electron chi connectivity index (χ3n) is 2.51. The number of amides is 1. The van der Waals surface area contributed by atoms with Crippen LogP contribution in [0.5, 0.6) is 0 Å². The van der Waals surface area contributed by atoms with Crippen molar-refractivity contribution in [1.82, 2.24) is 4.90 Å². The molecule has 0 aliphatic carbocycles. The lowest BCUT2D eigenvalue weighted by Crippen LogP contribution is -2.32. The van der Waals surface area contributed by atoms with Gasteiger partial charge in [-0.2, -0.15) is 0 Å². The molecule has 0 radical (unpaired) electrons. The van der Waals surface area contributed by atoms with Gasteiger partial charge in [0, 0.05) is 18.8 Å². The molecule has 0 aliphatic heterocycles. The van der Waals surface area contributed by atoms with Crippen LogP contribution in [-0.4, -0.2) is 44.2 Å². The third-order valence-corrected chi connectivity index (χ3v) is 2.86.